The van der Waals surface area contributed by atoms with Crippen molar-refractivity contribution in [3.8, 4) is 11.1 Å². The Morgan fingerprint density at radius 2 is 1.69 bits per heavy atom. The van der Waals surface area contributed by atoms with Crippen LogP contribution in [0.15, 0.2) is 48.5 Å². The number of carboxylic acid groups (broad SMARTS) is 1. The molecule has 0 atom stereocenters. The van der Waals surface area contributed by atoms with Gasteiger partial charge in [0.1, 0.15) is 0 Å². The number of hydrogen-bond acceptors (Lipinski definition) is 1. The summed E-state index contributed by atoms with van der Waals surface area (Å²) < 4.78 is 0. The number of hydrogen-bond donors (Lipinski definition) is 1. The highest BCUT2D eigenvalue weighted by atomic mass is 16.4. The first kappa shape index (κ1) is 24.3. The average molecular weight is 433 g/mol. The summed E-state index contributed by atoms with van der Waals surface area (Å²) in [5, 5.41) is 9.77. The first-order chi connectivity index (χ1) is 15.6. The molecule has 2 heteroatoms. The number of unbranched alkanes of at least 4 members (excludes halogenated alkanes) is 4. The molecule has 1 fully saturated rings. The fraction of sp³-hybridized carbons (Fsp3) is 0.500. The van der Waals surface area contributed by atoms with Gasteiger partial charge in [-0.15, -0.1) is 0 Å². The molecule has 0 amide bonds. The maximum atomic E-state index is 11.9. The molecule has 32 heavy (non-hydrogen) atoms. The molecule has 2 aromatic rings. The molecule has 0 unspecified atom stereocenters. The van der Waals surface area contributed by atoms with Crippen molar-refractivity contribution < 1.29 is 9.90 Å². The van der Waals surface area contributed by atoms with Gasteiger partial charge in [-0.3, -0.25) is 0 Å². The van der Waals surface area contributed by atoms with Crippen LogP contribution in [0.2, 0.25) is 0 Å². The van der Waals surface area contributed by atoms with Gasteiger partial charge in [-0.05, 0) is 78.7 Å². The number of carboxylic acids is 1. The monoisotopic (exact) mass is 432 g/mol. The number of benzene rings is 2. The zero-order valence-corrected chi connectivity index (χ0v) is 20.0. The van der Waals surface area contributed by atoms with Gasteiger partial charge in [0.15, 0.2) is 0 Å². The highest BCUT2D eigenvalue weighted by Gasteiger charge is 2.23. The third-order valence-electron chi connectivity index (χ3n) is 7.05. The highest BCUT2D eigenvalue weighted by molar-refractivity contribution is 5.96. The number of carbonyl (C=O) groups is 1. The largest absolute Gasteiger partial charge is 0.478 e. The van der Waals surface area contributed by atoms with Crippen molar-refractivity contribution in [2.45, 2.75) is 90.4 Å². The predicted octanol–water partition coefficient (Wildman–Crippen LogP) is 9.11. The summed E-state index contributed by atoms with van der Waals surface area (Å²) in [5.41, 5.74) is 4.71. The van der Waals surface area contributed by atoms with Gasteiger partial charge >= 0.3 is 5.97 Å². The molecule has 172 valence electrons. The van der Waals surface area contributed by atoms with Gasteiger partial charge in [0.2, 0.25) is 0 Å². The van der Waals surface area contributed by atoms with Crippen LogP contribution in [0.1, 0.15) is 112 Å². The lowest BCUT2D eigenvalue weighted by molar-refractivity contribution is 0.0697. The summed E-state index contributed by atoms with van der Waals surface area (Å²) >= 11 is 0. The summed E-state index contributed by atoms with van der Waals surface area (Å²) in [6.45, 7) is 4.51. The van der Waals surface area contributed by atoms with Crippen molar-refractivity contribution in [1.82, 2.24) is 0 Å². The van der Waals surface area contributed by atoms with Crippen LogP contribution in [-0.4, -0.2) is 11.1 Å². The fourth-order valence-corrected chi connectivity index (χ4v) is 5.12. The second-order valence-corrected chi connectivity index (χ2v) is 9.49. The molecular weight excluding hydrogens is 392 g/mol. The van der Waals surface area contributed by atoms with E-state index in [-0.39, 0.29) is 0 Å². The van der Waals surface area contributed by atoms with E-state index in [2.05, 4.69) is 56.3 Å². The van der Waals surface area contributed by atoms with E-state index in [1.54, 1.807) is 0 Å². The highest BCUT2D eigenvalue weighted by Crippen LogP contribution is 2.39. The van der Waals surface area contributed by atoms with Crippen LogP contribution in [-0.2, 0) is 0 Å². The molecule has 0 aromatic heterocycles. The lowest BCUT2D eigenvalue weighted by Crippen LogP contribution is -2.13. The molecule has 2 aromatic carbocycles. The lowest BCUT2D eigenvalue weighted by Gasteiger charge is -2.29. The molecular formula is C30H40O2. The van der Waals surface area contributed by atoms with Gasteiger partial charge in [-0.2, -0.15) is 0 Å². The Balaban J connectivity index is 1.72. The fourth-order valence-electron chi connectivity index (χ4n) is 5.12. The van der Waals surface area contributed by atoms with Gasteiger partial charge in [0, 0.05) is 0 Å². The maximum absolute atomic E-state index is 11.9. The summed E-state index contributed by atoms with van der Waals surface area (Å²) in [6.07, 6.45) is 18.3. The van der Waals surface area contributed by atoms with Crippen LogP contribution >= 0.6 is 0 Å². The SMILES string of the molecule is CCCCCC/C=C/c1ccc(-c2cc(C3CCC(CCC)CC3)ccc2C(=O)O)cc1. The first-order valence-corrected chi connectivity index (χ1v) is 12.8. The minimum Gasteiger partial charge on any atom is -0.478 e. The zero-order chi connectivity index (χ0) is 22.8. The molecule has 1 saturated carbocycles. The second-order valence-electron chi connectivity index (χ2n) is 9.49. The molecule has 2 nitrogen and oxygen atoms in total. The van der Waals surface area contributed by atoms with E-state index in [9.17, 15) is 9.90 Å². The maximum Gasteiger partial charge on any atom is 0.336 e. The number of allylic oxidation sites excluding steroid dienone is 1. The smallest absolute Gasteiger partial charge is 0.336 e. The third kappa shape index (κ3) is 6.82. The molecule has 0 aliphatic heterocycles. The van der Waals surface area contributed by atoms with Crippen LogP contribution in [0.25, 0.3) is 17.2 Å². The van der Waals surface area contributed by atoms with Crippen molar-refractivity contribution in [2.75, 3.05) is 0 Å². The summed E-state index contributed by atoms with van der Waals surface area (Å²) in [7, 11) is 0. The van der Waals surface area contributed by atoms with Gasteiger partial charge in [0.05, 0.1) is 5.56 Å². The van der Waals surface area contributed by atoms with Crippen molar-refractivity contribution in [1.29, 1.82) is 0 Å². The quantitative estimate of drug-likeness (QED) is 0.359. The van der Waals surface area contributed by atoms with E-state index >= 15 is 0 Å². The summed E-state index contributed by atoms with van der Waals surface area (Å²) in [4.78, 5) is 11.9. The second kappa shape index (κ2) is 12.6. The van der Waals surface area contributed by atoms with Gasteiger partial charge < -0.3 is 5.11 Å². The van der Waals surface area contributed by atoms with Gasteiger partial charge in [0.25, 0.3) is 0 Å². The Hall–Kier alpha value is -2.35. The van der Waals surface area contributed by atoms with Crippen LogP contribution < -0.4 is 0 Å². The Kier molecular flexibility index (Phi) is 9.59. The molecule has 0 bridgehead atoms. The zero-order valence-electron chi connectivity index (χ0n) is 20.0. The third-order valence-corrected chi connectivity index (χ3v) is 7.05. The van der Waals surface area contributed by atoms with E-state index < -0.39 is 5.97 Å². The Morgan fingerprint density at radius 3 is 2.34 bits per heavy atom. The molecule has 0 spiro atoms. The molecule has 3 rings (SSSR count). The summed E-state index contributed by atoms with van der Waals surface area (Å²) in [5.74, 6) is 0.579. The van der Waals surface area contributed by atoms with Crippen molar-refractivity contribution in [3.63, 3.8) is 0 Å². The molecule has 1 N–H and O–H groups in total. The van der Waals surface area contributed by atoms with Crippen molar-refractivity contribution in [3.05, 3.63) is 65.2 Å². The van der Waals surface area contributed by atoms with Crippen LogP contribution in [0.4, 0.5) is 0 Å². The van der Waals surface area contributed by atoms with Gasteiger partial charge in [-0.25, -0.2) is 4.79 Å². The Labute approximate surface area is 194 Å². The predicted molar refractivity (Wildman–Crippen MR) is 136 cm³/mol. The molecule has 1 aliphatic rings. The molecule has 0 saturated heterocycles. The van der Waals surface area contributed by atoms with E-state index in [4.69, 9.17) is 0 Å². The first-order valence-electron chi connectivity index (χ1n) is 12.8. The topological polar surface area (TPSA) is 37.3 Å². The van der Waals surface area contributed by atoms with Crippen LogP contribution in [0.3, 0.4) is 0 Å². The number of aromatic carboxylic acids is 1. The standard InChI is InChI=1S/C30H40O2/c1-3-5-6-7-8-9-11-24-14-18-26(19-15-24)29-22-27(20-21-28(29)30(31)32)25-16-12-23(10-4-2)13-17-25/h9,11,14-15,18-23,25H,3-8,10,12-13,16-17H2,1-2H3,(H,31,32)/b11-9+. The average Bonchev–Trinajstić information content (AvgIpc) is 2.82. The molecule has 0 heterocycles. The minimum atomic E-state index is -0.853. The van der Waals surface area contributed by atoms with E-state index in [1.165, 1.54) is 75.3 Å². The minimum absolute atomic E-state index is 0.396. The Bertz CT molecular complexity index is 870. The van der Waals surface area contributed by atoms with Crippen molar-refractivity contribution >= 4 is 12.0 Å². The van der Waals surface area contributed by atoms with Crippen LogP contribution in [0, 0.1) is 5.92 Å². The number of rotatable bonds is 11. The van der Waals surface area contributed by atoms with E-state index in [1.807, 2.05) is 12.1 Å². The van der Waals surface area contributed by atoms with E-state index in [0.717, 1.165) is 23.5 Å². The Morgan fingerprint density at radius 1 is 0.938 bits per heavy atom. The molecule has 1 aliphatic carbocycles. The van der Waals surface area contributed by atoms with Crippen molar-refractivity contribution in [2.24, 2.45) is 5.92 Å². The summed E-state index contributed by atoms with van der Waals surface area (Å²) in [6, 6.07) is 14.4. The normalized spacial score (nSPS) is 18.8. The van der Waals surface area contributed by atoms with E-state index in [0.29, 0.717) is 11.5 Å². The lowest BCUT2D eigenvalue weighted by atomic mass is 9.76. The molecule has 0 radical (unpaired) electrons. The van der Waals surface area contributed by atoms with Crippen LogP contribution in [0.5, 0.6) is 0 Å². The van der Waals surface area contributed by atoms with Gasteiger partial charge in [-0.1, -0.05) is 94.5 Å².